The first-order valence-corrected chi connectivity index (χ1v) is 7.68. The summed E-state index contributed by atoms with van der Waals surface area (Å²) in [6.45, 7) is 1.87. The van der Waals surface area contributed by atoms with Crippen molar-refractivity contribution in [3.05, 3.63) is 24.2 Å². The molecule has 0 unspecified atom stereocenters. The van der Waals surface area contributed by atoms with E-state index in [1.807, 2.05) is 13.1 Å². The van der Waals surface area contributed by atoms with Crippen LogP contribution in [0.5, 0.6) is 0 Å². The first-order chi connectivity index (χ1) is 11.0. The van der Waals surface area contributed by atoms with Crippen molar-refractivity contribution in [2.45, 2.75) is 44.6 Å². The van der Waals surface area contributed by atoms with Crippen molar-refractivity contribution in [3.8, 4) is 0 Å². The van der Waals surface area contributed by atoms with Gasteiger partial charge in [-0.3, -0.25) is 4.68 Å². The highest BCUT2D eigenvalue weighted by Gasteiger charge is 2.35. The summed E-state index contributed by atoms with van der Waals surface area (Å²) in [7, 11) is 1.79. The van der Waals surface area contributed by atoms with Gasteiger partial charge in [0, 0.05) is 32.3 Å². The SMILES string of the molecule is CNc1ccnc(Nc2cn(C3CCC(F)(F)CC3)nc2C)n1. The van der Waals surface area contributed by atoms with E-state index < -0.39 is 5.92 Å². The Morgan fingerprint density at radius 1 is 1.30 bits per heavy atom. The molecule has 6 nitrogen and oxygen atoms in total. The van der Waals surface area contributed by atoms with Gasteiger partial charge in [0.05, 0.1) is 17.4 Å². The number of halogens is 2. The van der Waals surface area contributed by atoms with E-state index in [1.165, 1.54) is 0 Å². The molecule has 0 bridgehead atoms. The predicted octanol–water partition coefficient (Wildman–Crippen LogP) is 3.52. The molecule has 0 radical (unpaired) electrons. The summed E-state index contributed by atoms with van der Waals surface area (Å²) in [5, 5.41) is 10.5. The molecule has 0 amide bonds. The van der Waals surface area contributed by atoms with Crippen molar-refractivity contribution in [3.63, 3.8) is 0 Å². The second-order valence-electron chi connectivity index (χ2n) is 5.84. The molecule has 2 N–H and O–H groups in total. The van der Waals surface area contributed by atoms with Crippen LogP contribution in [0.3, 0.4) is 0 Å². The number of hydrogen-bond acceptors (Lipinski definition) is 5. The summed E-state index contributed by atoms with van der Waals surface area (Å²) < 4.78 is 28.3. The minimum atomic E-state index is -2.53. The van der Waals surface area contributed by atoms with Gasteiger partial charge in [0.1, 0.15) is 5.82 Å². The summed E-state index contributed by atoms with van der Waals surface area (Å²) in [5.74, 6) is -1.35. The number of nitrogens with zero attached hydrogens (tertiary/aromatic N) is 4. The highest BCUT2D eigenvalue weighted by Crippen LogP contribution is 2.38. The van der Waals surface area contributed by atoms with E-state index in [-0.39, 0.29) is 18.9 Å². The first-order valence-electron chi connectivity index (χ1n) is 7.68. The molecule has 1 aliphatic rings. The third kappa shape index (κ3) is 3.57. The van der Waals surface area contributed by atoms with Gasteiger partial charge >= 0.3 is 0 Å². The smallest absolute Gasteiger partial charge is 0.248 e. The molecule has 8 heteroatoms. The van der Waals surface area contributed by atoms with Crippen molar-refractivity contribution < 1.29 is 8.78 Å². The Morgan fingerprint density at radius 2 is 2.04 bits per heavy atom. The van der Waals surface area contributed by atoms with Gasteiger partial charge in [-0.25, -0.2) is 13.8 Å². The van der Waals surface area contributed by atoms with Crippen LogP contribution in [0.1, 0.15) is 37.4 Å². The molecule has 0 spiro atoms. The molecular weight excluding hydrogens is 302 g/mol. The van der Waals surface area contributed by atoms with Crippen molar-refractivity contribution in [2.75, 3.05) is 17.7 Å². The van der Waals surface area contributed by atoms with E-state index in [4.69, 9.17) is 0 Å². The van der Waals surface area contributed by atoms with Gasteiger partial charge in [-0.05, 0) is 25.8 Å². The zero-order chi connectivity index (χ0) is 16.4. The molecule has 124 valence electrons. The molecule has 0 aromatic carbocycles. The Labute approximate surface area is 133 Å². The Morgan fingerprint density at radius 3 is 2.74 bits per heavy atom. The molecule has 23 heavy (non-hydrogen) atoms. The average Bonchev–Trinajstić information content (AvgIpc) is 2.88. The predicted molar refractivity (Wildman–Crippen MR) is 84.3 cm³/mol. The van der Waals surface area contributed by atoms with Crippen LogP contribution in [0.2, 0.25) is 0 Å². The van der Waals surface area contributed by atoms with Crippen LogP contribution in [0.4, 0.5) is 26.2 Å². The number of anilines is 3. The second-order valence-corrected chi connectivity index (χ2v) is 5.84. The molecule has 2 aromatic rings. The summed E-state index contributed by atoms with van der Waals surface area (Å²) in [6.07, 6.45) is 4.24. The maximum Gasteiger partial charge on any atom is 0.248 e. The molecule has 0 atom stereocenters. The lowest BCUT2D eigenvalue weighted by Crippen LogP contribution is -2.26. The topological polar surface area (TPSA) is 67.7 Å². The van der Waals surface area contributed by atoms with E-state index in [2.05, 4.69) is 25.7 Å². The molecular formula is C15H20F2N6. The Bertz CT molecular complexity index is 674. The maximum atomic E-state index is 13.3. The van der Waals surface area contributed by atoms with Gasteiger partial charge in [-0.1, -0.05) is 0 Å². The molecule has 1 saturated carbocycles. The molecule has 1 aliphatic carbocycles. The minimum Gasteiger partial charge on any atom is -0.373 e. The quantitative estimate of drug-likeness (QED) is 0.901. The lowest BCUT2D eigenvalue weighted by atomic mass is 9.92. The first kappa shape index (κ1) is 15.6. The zero-order valence-electron chi connectivity index (χ0n) is 13.2. The molecule has 2 aromatic heterocycles. The van der Waals surface area contributed by atoms with Crippen LogP contribution < -0.4 is 10.6 Å². The number of hydrogen-bond donors (Lipinski definition) is 2. The number of alkyl halides is 2. The molecule has 0 saturated heterocycles. The summed E-state index contributed by atoms with van der Waals surface area (Å²) in [4.78, 5) is 8.47. The number of aromatic nitrogens is 4. The van der Waals surface area contributed by atoms with Gasteiger partial charge in [0.2, 0.25) is 11.9 Å². The monoisotopic (exact) mass is 322 g/mol. The standard InChI is InChI=1S/C15H20F2N6/c1-10-12(20-14-19-8-5-13(18-2)21-14)9-23(22-10)11-3-6-15(16,17)7-4-11/h5,8-9,11H,3-4,6-7H2,1-2H3,(H2,18,19,20,21). The Balaban J connectivity index is 1.73. The minimum absolute atomic E-state index is 0.0217. The Hall–Kier alpha value is -2.25. The molecule has 3 rings (SSSR count). The summed E-state index contributed by atoms with van der Waals surface area (Å²) in [5.41, 5.74) is 1.58. The maximum absolute atomic E-state index is 13.3. The molecule has 1 fully saturated rings. The summed E-state index contributed by atoms with van der Waals surface area (Å²) >= 11 is 0. The van der Waals surface area contributed by atoms with Crippen LogP contribution in [-0.4, -0.2) is 32.7 Å². The fraction of sp³-hybridized carbons (Fsp3) is 0.533. The molecule has 2 heterocycles. The fourth-order valence-corrected chi connectivity index (χ4v) is 2.76. The highest BCUT2D eigenvalue weighted by molar-refractivity contribution is 5.56. The van der Waals surface area contributed by atoms with Crippen molar-refractivity contribution in [2.24, 2.45) is 0 Å². The van der Waals surface area contributed by atoms with Crippen molar-refractivity contribution in [1.29, 1.82) is 0 Å². The van der Waals surface area contributed by atoms with Gasteiger partial charge in [0.25, 0.3) is 0 Å². The lowest BCUT2D eigenvalue weighted by molar-refractivity contribution is -0.0450. The average molecular weight is 322 g/mol. The fourth-order valence-electron chi connectivity index (χ4n) is 2.76. The van der Waals surface area contributed by atoms with E-state index >= 15 is 0 Å². The number of rotatable bonds is 4. The highest BCUT2D eigenvalue weighted by atomic mass is 19.3. The van der Waals surface area contributed by atoms with Crippen LogP contribution in [0.25, 0.3) is 0 Å². The van der Waals surface area contributed by atoms with Gasteiger partial charge in [0.15, 0.2) is 0 Å². The van der Waals surface area contributed by atoms with Crippen LogP contribution in [0.15, 0.2) is 18.5 Å². The van der Waals surface area contributed by atoms with E-state index in [0.717, 1.165) is 11.4 Å². The Kier molecular flexibility index (Phi) is 4.14. The van der Waals surface area contributed by atoms with E-state index in [9.17, 15) is 8.78 Å². The lowest BCUT2D eigenvalue weighted by Gasteiger charge is -2.28. The van der Waals surface area contributed by atoms with Gasteiger partial charge in [-0.15, -0.1) is 0 Å². The second kappa shape index (κ2) is 6.10. The molecule has 0 aliphatic heterocycles. The van der Waals surface area contributed by atoms with Crippen LogP contribution in [-0.2, 0) is 0 Å². The zero-order valence-corrected chi connectivity index (χ0v) is 13.2. The number of nitrogens with one attached hydrogen (secondary N) is 2. The van der Waals surface area contributed by atoms with Crippen molar-refractivity contribution >= 4 is 17.5 Å². The van der Waals surface area contributed by atoms with Gasteiger partial charge < -0.3 is 10.6 Å². The van der Waals surface area contributed by atoms with Crippen LogP contribution in [0, 0.1) is 6.92 Å². The van der Waals surface area contributed by atoms with Crippen LogP contribution >= 0.6 is 0 Å². The largest absolute Gasteiger partial charge is 0.373 e. The normalized spacial score (nSPS) is 17.9. The van der Waals surface area contributed by atoms with Crippen molar-refractivity contribution in [1.82, 2.24) is 19.7 Å². The third-order valence-corrected chi connectivity index (χ3v) is 4.14. The number of aryl methyl sites for hydroxylation is 1. The summed E-state index contributed by atoms with van der Waals surface area (Å²) in [6, 6.07) is 1.79. The van der Waals surface area contributed by atoms with E-state index in [1.54, 1.807) is 24.0 Å². The third-order valence-electron chi connectivity index (χ3n) is 4.14. The van der Waals surface area contributed by atoms with E-state index in [0.29, 0.717) is 24.6 Å². The van der Waals surface area contributed by atoms with Gasteiger partial charge in [-0.2, -0.15) is 10.1 Å².